The summed E-state index contributed by atoms with van der Waals surface area (Å²) in [4.78, 5) is 30.3. The number of halogens is 2. The molecule has 1 aliphatic carbocycles. The van der Waals surface area contributed by atoms with Crippen LogP contribution in [0.1, 0.15) is 68.2 Å². The van der Waals surface area contributed by atoms with Gasteiger partial charge < -0.3 is 10.6 Å². The van der Waals surface area contributed by atoms with Gasteiger partial charge in [-0.25, -0.2) is 13.9 Å². The summed E-state index contributed by atoms with van der Waals surface area (Å²) in [7, 11) is 0. The van der Waals surface area contributed by atoms with Crippen LogP contribution in [-0.2, 0) is 10.2 Å². The number of benzene rings is 1. The van der Waals surface area contributed by atoms with Crippen LogP contribution >= 0.6 is 11.6 Å². The zero-order chi connectivity index (χ0) is 24.6. The van der Waals surface area contributed by atoms with Crippen LogP contribution in [0.3, 0.4) is 0 Å². The second kappa shape index (κ2) is 9.33. The van der Waals surface area contributed by atoms with E-state index in [1.807, 2.05) is 13.0 Å². The Bertz CT molecular complexity index is 1240. The molecule has 0 bridgehead atoms. The molecule has 180 valence electrons. The fraction of sp³-hybridized carbons (Fsp3) is 0.440. The average molecular weight is 486 g/mol. The van der Waals surface area contributed by atoms with E-state index < -0.39 is 5.82 Å². The van der Waals surface area contributed by atoms with Crippen molar-refractivity contribution in [1.82, 2.24) is 19.9 Å². The first-order valence-corrected chi connectivity index (χ1v) is 11.8. The Hall–Kier alpha value is -3.00. The van der Waals surface area contributed by atoms with E-state index in [4.69, 9.17) is 11.6 Å². The van der Waals surface area contributed by atoms with Gasteiger partial charge in [-0.2, -0.15) is 5.10 Å². The van der Waals surface area contributed by atoms with Crippen molar-refractivity contribution in [1.29, 1.82) is 0 Å². The zero-order valence-electron chi connectivity index (χ0n) is 19.8. The zero-order valence-corrected chi connectivity index (χ0v) is 20.5. The quantitative estimate of drug-likeness (QED) is 0.541. The van der Waals surface area contributed by atoms with E-state index in [-0.39, 0.29) is 34.2 Å². The van der Waals surface area contributed by atoms with Crippen molar-refractivity contribution >= 4 is 34.7 Å². The molecule has 1 fully saturated rings. The standard InChI is InChI=1S/C25H29ClFN5O2/c1-14-11-21(25(2,3)4)32-22(29-14)18(13-28-32)24(34)30-17-8-5-15(6-9-17)23(33)31-20-10-7-16(27)12-19(20)26/h7,10-13,15,17H,5-6,8-9H2,1-4H3,(H,30,34)(H,31,33)/t15-,17-. The minimum absolute atomic E-state index is 0.0344. The number of carbonyl (C=O) groups excluding carboxylic acids is 2. The van der Waals surface area contributed by atoms with E-state index in [0.717, 1.165) is 11.4 Å². The van der Waals surface area contributed by atoms with Gasteiger partial charge in [-0.3, -0.25) is 9.59 Å². The molecule has 1 aliphatic rings. The number of fused-ring (bicyclic) bond motifs is 1. The first-order valence-electron chi connectivity index (χ1n) is 11.5. The second-order valence-corrected chi connectivity index (χ2v) is 10.4. The van der Waals surface area contributed by atoms with E-state index in [1.165, 1.54) is 18.2 Å². The normalized spacial score (nSPS) is 18.6. The van der Waals surface area contributed by atoms with Gasteiger partial charge in [0, 0.05) is 23.1 Å². The Morgan fingerprint density at radius 1 is 1.15 bits per heavy atom. The van der Waals surface area contributed by atoms with Gasteiger partial charge >= 0.3 is 0 Å². The predicted octanol–water partition coefficient (Wildman–Crippen LogP) is 5.06. The molecule has 1 aromatic carbocycles. The second-order valence-electron chi connectivity index (χ2n) is 9.96. The number of rotatable bonds is 4. The van der Waals surface area contributed by atoms with Crippen LogP contribution < -0.4 is 10.6 Å². The minimum atomic E-state index is -0.453. The molecule has 2 amide bonds. The number of nitrogens with one attached hydrogen (secondary N) is 2. The lowest BCUT2D eigenvalue weighted by Crippen LogP contribution is -2.39. The molecule has 2 N–H and O–H groups in total. The molecule has 0 unspecified atom stereocenters. The molecule has 34 heavy (non-hydrogen) atoms. The minimum Gasteiger partial charge on any atom is -0.349 e. The van der Waals surface area contributed by atoms with Crippen LogP contribution in [-0.4, -0.2) is 32.5 Å². The summed E-state index contributed by atoms with van der Waals surface area (Å²) >= 11 is 6.01. The van der Waals surface area contributed by atoms with Crippen molar-refractivity contribution in [3.05, 3.63) is 58.3 Å². The molecule has 0 radical (unpaired) electrons. The van der Waals surface area contributed by atoms with Crippen LogP contribution in [0.4, 0.5) is 10.1 Å². The highest BCUT2D eigenvalue weighted by molar-refractivity contribution is 6.33. The van der Waals surface area contributed by atoms with E-state index in [0.29, 0.717) is 42.6 Å². The maximum atomic E-state index is 13.2. The van der Waals surface area contributed by atoms with Gasteiger partial charge in [-0.1, -0.05) is 32.4 Å². The number of hydrogen-bond donors (Lipinski definition) is 2. The van der Waals surface area contributed by atoms with Gasteiger partial charge in [0.25, 0.3) is 5.91 Å². The van der Waals surface area contributed by atoms with Crippen molar-refractivity contribution in [3.63, 3.8) is 0 Å². The summed E-state index contributed by atoms with van der Waals surface area (Å²) < 4.78 is 15.0. The van der Waals surface area contributed by atoms with Gasteiger partial charge in [0.2, 0.25) is 5.91 Å². The van der Waals surface area contributed by atoms with Crippen molar-refractivity contribution in [2.75, 3.05) is 5.32 Å². The number of amides is 2. The van der Waals surface area contributed by atoms with Gasteiger partial charge in [-0.05, 0) is 56.9 Å². The Balaban J connectivity index is 1.39. The summed E-state index contributed by atoms with van der Waals surface area (Å²) in [6.45, 7) is 8.21. The van der Waals surface area contributed by atoms with Gasteiger partial charge in [0.05, 0.1) is 22.6 Å². The van der Waals surface area contributed by atoms with Crippen LogP contribution in [0, 0.1) is 18.7 Å². The molecule has 3 aromatic rings. The third kappa shape index (κ3) is 5.06. The number of aryl methyl sites for hydroxylation is 1. The topological polar surface area (TPSA) is 88.4 Å². The van der Waals surface area contributed by atoms with Crippen molar-refractivity contribution in [2.45, 2.75) is 64.8 Å². The molecule has 9 heteroatoms. The summed E-state index contributed by atoms with van der Waals surface area (Å²) in [5.41, 5.74) is 3.06. The highest BCUT2D eigenvalue weighted by Gasteiger charge is 2.29. The SMILES string of the molecule is Cc1cc(C(C)(C)C)n2ncc(C(=O)N[C@H]3CC[C@H](C(=O)Nc4ccc(F)cc4Cl)CC3)c2n1. The largest absolute Gasteiger partial charge is 0.349 e. The molecule has 7 nitrogen and oxygen atoms in total. The number of carbonyl (C=O) groups is 2. The Labute approximate surface area is 203 Å². The summed E-state index contributed by atoms with van der Waals surface area (Å²) in [6.07, 6.45) is 4.20. The lowest BCUT2D eigenvalue weighted by atomic mass is 9.85. The highest BCUT2D eigenvalue weighted by atomic mass is 35.5. The molecular formula is C25H29ClFN5O2. The van der Waals surface area contributed by atoms with Gasteiger partial charge in [0.1, 0.15) is 11.4 Å². The van der Waals surface area contributed by atoms with Crippen LogP contribution in [0.5, 0.6) is 0 Å². The first-order chi connectivity index (χ1) is 16.0. The molecule has 0 atom stereocenters. The number of hydrogen-bond acceptors (Lipinski definition) is 4. The fourth-order valence-corrected chi connectivity index (χ4v) is 4.58. The number of anilines is 1. The maximum absolute atomic E-state index is 13.2. The number of nitrogens with zero attached hydrogens (tertiary/aromatic N) is 3. The van der Waals surface area contributed by atoms with E-state index in [1.54, 1.807) is 10.7 Å². The molecule has 2 aromatic heterocycles. The number of aromatic nitrogens is 3. The summed E-state index contributed by atoms with van der Waals surface area (Å²) in [6, 6.07) is 5.85. The fourth-order valence-electron chi connectivity index (χ4n) is 4.37. The molecular weight excluding hydrogens is 457 g/mol. The van der Waals surface area contributed by atoms with Crippen molar-refractivity contribution in [3.8, 4) is 0 Å². The van der Waals surface area contributed by atoms with E-state index >= 15 is 0 Å². The van der Waals surface area contributed by atoms with Gasteiger partial charge in [-0.15, -0.1) is 0 Å². The van der Waals surface area contributed by atoms with E-state index in [2.05, 4.69) is 41.5 Å². The average Bonchev–Trinajstić information content (AvgIpc) is 3.18. The Morgan fingerprint density at radius 2 is 1.85 bits per heavy atom. The van der Waals surface area contributed by atoms with Gasteiger partial charge in [0.15, 0.2) is 5.65 Å². The lowest BCUT2D eigenvalue weighted by Gasteiger charge is -2.28. The predicted molar refractivity (Wildman–Crippen MR) is 130 cm³/mol. The molecule has 0 spiro atoms. The van der Waals surface area contributed by atoms with Crippen LogP contribution in [0.15, 0.2) is 30.5 Å². The van der Waals surface area contributed by atoms with Crippen LogP contribution in [0.2, 0.25) is 5.02 Å². The summed E-state index contributed by atoms with van der Waals surface area (Å²) in [5.74, 6) is -0.996. The molecule has 4 rings (SSSR count). The molecule has 0 saturated heterocycles. The Kier molecular flexibility index (Phi) is 6.62. The first kappa shape index (κ1) is 24.1. The molecule has 1 saturated carbocycles. The van der Waals surface area contributed by atoms with Crippen molar-refractivity contribution in [2.24, 2.45) is 5.92 Å². The summed E-state index contributed by atoms with van der Waals surface area (Å²) in [5, 5.41) is 10.5. The molecule has 0 aliphatic heterocycles. The molecule has 2 heterocycles. The van der Waals surface area contributed by atoms with Crippen molar-refractivity contribution < 1.29 is 14.0 Å². The third-order valence-corrected chi connectivity index (χ3v) is 6.55. The monoisotopic (exact) mass is 485 g/mol. The Morgan fingerprint density at radius 3 is 2.50 bits per heavy atom. The maximum Gasteiger partial charge on any atom is 0.256 e. The highest BCUT2D eigenvalue weighted by Crippen LogP contribution is 2.29. The lowest BCUT2D eigenvalue weighted by molar-refractivity contribution is -0.120. The third-order valence-electron chi connectivity index (χ3n) is 6.24. The van der Waals surface area contributed by atoms with Crippen LogP contribution in [0.25, 0.3) is 5.65 Å². The smallest absolute Gasteiger partial charge is 0.256 e. The van der Waals surface area contributed by atoms with E-state index in [9.17, 15) is 14.0 Å².